The summed E-state index contributed by atoms with van der Waals surface area (Å²) in [4.78, 5) is 14.9. The minimum Gasteiger partial charge on any atom is -0.351 e. The number of nitrogens with one attached hydrogen (secondary N) is 2. The Morgan fingerprint density at radius 2 is 2.29 bits per heavy atom. The molecule has 0 fully saturated rings. The van der Waals surface area contributed by atoms with E-state index in [4.69, 9.17) is 5.73 Å². The summed E-state index contributed by atoms with van der Waals surface area (Å²) in [6.45, 7) is 4.36. The molecular formula is C13H17N3O. The highest BCUT2D eigenvalue weighted by molar-refractivity contribution is 5.98. The highest BCUT2D eigenvalue weighted by Gasteiger charge is 2.10. The summed E-state index contributed by atoms with van der Waals surface area (Å²) in [6.07, 6.45) is 0. The smallest absolute Gasteiger partial charge is 0.267 e. The second kappa shape index (κ2) is 4.59. The number of carbonyl (C=O) groups is 1. The van der Waals surface area contributed by atoms with E-state index in [9.17, 15) is 4.79 Å². The van der Waals surface area contributed by atoms with Gasteiger partial charge in [0.25, 0.3) is 5.91 Å². The first-order chi connectivity index (χ1) is 8.08. The van der Waals surface area contributed by atoms with E-state index >= 15 is 0 Å². The highest BCUT2D eigenvalue weighted by atomic mass is 16.1. The topological polar surface area (TPSA) is 70.9 Å². The third-order valence-corrected chi connectivity index (χ3v) is 2.71. The van der Waals surface area contributed by atoms with Gasteiger partial charge in [-0.05, 0) is 31.5 Å². The van der Waals surface area contributed by atoms with Gasteiger partial charge in [-0.2, -0.15) is 0 Å². The Labute approximate surface area is 100 Å². The van der Waals surface area contributed by atoms with Crippen LogP contribution in [0.2, 0.25) is 0 Å². The Hall–Kier alpha value is -1.81. The number of fused-ring (bicyclic) bond motifs is 1. The molecule has 0 saturated carbocycles. The molecule has 1 aromatic heterocycles. The average Bonchev–Trinajstić information content (AvgIpc) is 2.71. The van der Waals surface area contributed by atoms with E-state index < -0.39 is 0 Å². The largest absolute Gasteiger partial charge is 0.351 e. The van der Waals surface area contributed by atoms with Crippen molar-refractivity contribution in [2.24, 2.45) is 5.73 Å². The zero-order chi connectivity index (χ0) is 12.4. The number of nitrogens with two attached hydrogens (primary N) is 1. The second-order valence-electron chi connectivity index (χ2n) is 4.41. The van der Waals surface area contributed by atoms with Gasteiger partial charge in [0, 0.05) is 23.5 Å². The second-order valence-corrected chi connectivity index (χ2v) is 4.41. The SMILES string of the molecule is Cc1cccc2[nH]c(C(=O)NCC(C)N)cc12. The van der Waals surface area contributed by atoms with Gasteiger partial charge in [0.1, 0.15) is 5.69 Å². The number of aromatic amines is 1. The molecule has 4 nitrogen and oxygen atoms in total. The lowest BCUT2D eigenvalue weighted by atomic mass is 10.1. The van der Waals surface area contributed by atoms with Crippen LogP contribution in [0.3, 0.4) is 0 Å². The third kappa shape index (κ3) is 2.47. The van der Waals surface area contributed by atoms with Crippen LogP contribution in [0.1, 0.15) is 23.0 Å². The number of hydrogen-bond acceptors (Lipinski definition) is 2. The maximum Gasteiger partial charge on any atom is 0.267 e. The fourth-order valence-corrected chi connectivity index (χ4v) is 1.78. The van der Waals surface area contributed by atoms with Crippen molar-refractivity contribution in [3.05, 3.63) is 35.5 Å². The normalized spacial score (nSPS) is 12.6. The van der Waals surface area contributed by atoms with Crippen LogP contribution in [0, 0.1) is 6.92 Å². The molecule has 1 aromatic carbocycles. The Balaban J connectivity index is 2.24. The standard InChI is InChI=1S/C13H17N3O/c1-8-4-3-5-11-10(8)6-12(16-11)13(17)15-7-9(2)14/h3-6,9,16H,7,14H2,1-2H3,(H,15,17). The van der Waals surface area contributed by atoms with Gasteiger partial charge in [0.15, 0.2) is 0 Å². The number of carbonyl (C=O) groups excluding carboxylic acids is 1. The molecule has 1 amide bonds. The number of amides is 1. The van der Waals surface area contributed by atoms with Crippen molar-refractivity contribution in [3.63, 3.8) is 0 Å². The minimum absolute atomic E-state index is 0.0370. The van der Waals surface area contributed by atoms with Crippen molar-refractivity contribution < 1.29 is 4.79 Å². The summed E-state index contributed by atoms with van der Waals surface area (Å²) in [5, 5.41) is 3.87. The lowest BCUT2D eigenvalue weighted by molar-refractivity contribution is 0.0947. The van der Waals surface area contributed by atoms with Crippen LogP contribution >= 0.6 is 0 Å². The zero-order valence-corrected chi connectivity index (χ0v) is 10.1. The van der Waals surface area contributed by atoms with Crippen molar-refractivity contribution >= 4 is 16.8 Å². The van der Waals surface area contributed by atoms with Crippen molar-refractivity contribution in [1.29, 1.82) is 0 Å². The number of aryl methyl sites for hydroxylation is 1. The average molecular weight is 231 g/mol. The Morgan fingerprint density at radius 1 is 1.53 bits per heavy atom. The minimum atomic E-state index is -0.113. The molecular weight excluding hydrogens is 214 g/mol. The van der Waals surface area contributed by atoms with E-state index in [-0.39, 0.29) is 11.9 Å². The van der Waals surface area contributed by atoms with Crippen LogP contribution < -0.4 is 11.1 Å². The molecule has 4 heteroatoms. The van der Waals surface area contributed by atoms with E-state index in [1.165, 1.54) is 0 Å². The van der Waals surface area contributed by atoms with Crippen molar-refractivity contribution in [2.75, 3.05) is 6.54 Å². The van der Waals surface area contributed by atoms with Gasteiger partial charge >= 0.3 is 0 Å². The number of H-pyrrole nitrogens is 1. The summed E-state index contributed by atoms with van der Waals surface area (Å²) in [5.74, 6) is -0.113. The maximum atomic E-state index is 11.8. The lowest BCUT2D eigenvalue weighted by Gasteiger charge is -2.05. The Kier molecular flexibility index (Phi) is 3.15. The number of aromatic nitrogens is 1. The predicted octanol–water partition coefficient (Wildman–Crippen LogP) is 1.55. The van der Waals surface area contributed by atoms with Crippen LogP contribution in [-0.4, -0.2) is 23.5 Å². The van der Waals surface area contributed by atoms with Gasteiger partial charge < -0.3 is 16.0 Å². The fraction of sp³-hybridized carbons (Fsp3) is 0.308. The first-order valence-corrected chi connectivity index (χ1v) is 5.70. The summed E-state index contributed by atoms with van der Waals surface area (Å²) >= 11 is 0. The molecule has 0 aliphatic rings. The number of rotatable bonds is 3. The summed E-state index contributed by atoms with van der Waals surface area (Å²) < 4.78 is 0. The monoisotopic (exact) mass is 231 g/mol. The Bertz CT molecular complexity index is 543. The molecule has 2 rings (SSSR count). The molecule has 0 saturated heterocycles. The molecule has 0 bridgehead atoms. The molecule has 1 unspecified atom stereocenters. The molecule has 1 heterocycles. The molecule has 0 aliphatic carbocycles. The molecule has 0 radical (unpaired) electrons. The van der Waals surface area contributed by atoms with Crippen molar-refractivity contribution in [3.8, 4) is 0 Å². The summed E-state index contributed by atoms with van der Waals surface area (Å²) in [6, 6.07) is 7.80. The summed E-state index contributed by atoms with van der Waals surface area (Å²) in [7, 11) is 0. The van der Waals surface area contributed by atoms with Crippen molar-refractivity contribution in [2.45, 2.75) is 19.9 Å². The molecule has 2 aromatic rings. The molecule has 1 atom stereocenters. The number of benzene rings is 1. The van der Waals surface area contributed by atoms with Crippen molar-refractivity contribution in [1.82, 2.24) is 10.3 Å². The van der Waals surface area contributed by atoms with Crippen LogP contribution in [-0.2, 0) is 0 Å². The van der Waals surface area contributed by atoms with Crippen LogP contribution in [0.25, 0.3) is 10.9 Å². The number of hydrogen-bond donors (Lipinski definition) is 3. The van der Waals surface area contributed by atoms with Crippen LogP contribution in [0.15, 0.2) is 24.3 Å². The molecule has 17 heavy (non-hydrogen) atoms. The van der Waals surface area contributed by atoms with Gasteiger partial charge in [0.2, 0.25) is 0 Å². The van der Waals surface area contributed by atoms with Gasteiger partial charge in [0.05, 0.1) is 0 Å². The lowest BCUT2D eigenvalue weighted by Crippen LogP contribution is -2.35. The van der Waals surface area contributed by atoms with E-state index in [1.807, 2.05) is 38.1 Å². The predicted molar refractivity (Wildman–Crippen MR) is 69.0 cm³/mol. The van der Waals surface area contributed by atoms with Gasteiger partial charge in [-0.3, -0.25) is 4.79 Å². The van der Waals surface area contributed by atoms with Crippen LogP contribution in [0.5, 0.6) is 0 Å². The van der Waals surface area contributed by atoms with Gasteiger partial charge in [-0.15, -0.1) is 0 Å². The van der Waals surface area contributed by atoms with E-state index in [1.54, 1.807) is 0 Å². The third-order valence-electron chi connectivity index (χ3n) is 2.71. The maximum absolute atomic E-state index is 11.8. The van der Waals surface area contributed by atoms with E-state index in [0.29, 0.717) is 12.2 Å². The van der Waals surface area contributed by atoms with Gasteiger partial charge in [-0.1, -0.05) is 12.1 Å². The molecule has 90 valence electrons. The zero-order valence-electron chi connectivity index (χ0n) is 10.1. The first-order valence-electron chi connectivity index (χ1n) is 5.70. The molecule has 0 aliphatic heterocycles. The molecule has 0 spiro atoms. The Morgan fingerprint density at radius 3 is 2.94 bits per heavy atom. The molecule has 4 N–H and O–H groups in total. The highest BCUT2D eigenvalue weighted by Crippen LogP contribution is 2.18. The van der Waals surface area contributed by atoms with Gasteiger partial charge in [-0.25, -0.2) is 0 Å². The fourth-order valence-electron chi connectivity index (χ4n) is 1.78. The summed E-state index contributed by atoms with van der Waals surface area (Å²) in [5.41, 5.74) is 8.31. The quantitative estimate of drug-likeness (QED) is 0.750. The van der Waals surface area contributed by atoms with Crippen LogP contribution in [0.4, 0.5) is 0 Å². The first kappa shape index (κ1) is 11.7. The van der Waals surface area contributed by atoms with E-state index in [0.717, 1.165) is 16.5 Å². The van der Waals surface area contributed by atoms with E-state index in [2.05, 4.69) is 10.3 Å².